The first-order chi connectivity index (χ1) is 17.1. The Kier molecular flexibility index (Phi) is 6.53. The van der Waals surface area contributed by atoms with E-state index in [1.807, 2.05) is 36.4 Å². The molecule has 6 heteroatoms. The summed E-state index contributed by atoms with van der Waals surface area (Å²) in [5.74, 6) is -0.158. The minimum atomic E-state index is -0.158. The Hall–Kier alpha value is -3.67. The van der Waals surface area contributed by atoms with Crippen molar-refractivity contribution in [1.82, 2.24) is 9.88 Å². The highest BCUT2D eigenvalue weighted by atomic mass is 35.5. The molecule has 0 saturated carbocycles. The zero-order valence-electron chi connectivity index (χ0n) is 19.8. The summed E-state index contributed by atoms with van der Waals surface area (Å²) in [4.78, 5) is 20.0. The van der Waals surface area contributed by atoms with E-state index in [9.17, 15) is 4.79 Å². The van der Waals surface area contributed by atoms with E-state index in [0.29, 0.717) is 16.3 Å². The number of hydrogen-bond acceptors (Lipinski definition) is 4. The molecule has 2 heterocycles. The lowest BCUT2D eigenvalue weighted by Gasteiger charge is -2.19. The van der Waals surface area contributed by atoms with Crippen LogP contribution < -0.4 is 10.6 Å². The summed E-state index contributed by atoms with van der Waals surface area (Å²) in [6.07, 6.45) is 1.78. The molecule has 4 aromatic rings. The quantitative estimate of drug-likeness (QED) is 0.289. The summed E-state index contributed by atoms with van der Waals surface area (Å²) in [6.45, 7) is 7.29. The number of carbonyl (C=O) groups excluding carboxylic acids is 1. The van der Waals surface area contributed by atoms with Gasteiger partial charge in [-0.3, -0.25) is 14.7 Å². The minimum absolute atomic E-state index is 0.158. The lowest BCUT2D eigenvalue weighted by molar-refractivity contribution is -0.110. The summed E-state index contributed by atoms with van der Waals surface area (Å²) < 4.78 is 0. The van der Waals surface area contributed by atoms with Gasteiger partial charge in [-0.25, -0.2) is 0 Å². The predicted molar refractivity (Wildman–Crippen MR) is 145 cm³/mol. The molecular formula is C29H27ClN4O. The molecule has 1 aliphatic rings. The summed E-state index contributed by atoms with van der Waals surface area (Å²) in [5.41, 5.74) is 6.86. The van der Waals surface area contributed by atoms with Gasteiger partial charge in [0.05, 0.1) is 22.5 Å². The van der Waals surface area contributed by atoms with Crippen LogP contribution in [0.15, 0.2) is 79.0 Å². The van der Waals surface area contributed by atoms with Crippen LogP contribution in [0.25, 0.3) is 22.2 Å². The molecule has 35 heavy (non-hydrogen) atoms. The number of amides is 1. The lowest BCUT2D eigenvalue weighted by Crippen LogP contribution is -2.22. The third kappa shape index (κ3) is 4.78. The fourth-order valence-corrected chi connectivity index (χ4v) is 4.62. The summed E-state index contributed by atoms with van der Waals surface area (Å²) >= 11 is 6.19. The molecule has 0 bridgehead atoms. The van der Waals surface area contributed by atoms with Gasteiger partial charge in [-0.1, -0.05) is 55.8 Å². The van der Waals surface area contributed by atoms with Gasteiger partial charge in [0.1, 0.15) is 0 Å². The van der Waals surface area contributed by atoms with Crippen molar-refractivity contribution < 1.29 is 4.79 Å². The number of hydrogen-bond donors (Lipinski definition) is 2. The Balaban J connectivity index is 1.59. The fourth-order valence-electron chi connectivity index (χ4n) is 4.45. The van der Waals surface area contributed by atoms with E-state index in [-0.39, 0.29) is 5.91 Å². The van der Waals surface area contributed by atoms with Crippen LogP contribution >= 0.6 is 11.6 Å². The van der Waals surface area contributed by atoms with Gasteiger partial charge in [0.2, 0.25) is 0 Å². The summed E-state index contributed by atoms with van der Waals surface area (Å²) in [6, 6.07) is 23.9. The molecule has 1 aliphatic heterocycles. The van der Waals surface area contributed by atoms with Crippen LogP contribution in [0.5, 0.6) is 0 Å². The van der Waals surface area contributed by atoms with Gasteiger partial charge in [-0.15, -0.1) is 0 Å². The molecular weight excluding hydrogens is 456 g/mol. The van der Waals surface area contributed by atoms with Crippen molar-refractivity contribution in [2.45, 2.75) is 20.4 Å². The Labute approximate surface area is 210 Å². The van der Waals surface area contributed by atoms with Crippen molar-refractivity contribution in [3.8, 4) is 0 Å². The zero-order chi connectivity index (χ0) is 24.4. The van der Waals surface area contributed by atoms with Crippen LogP contribution in [-0.4, -0.2) is 28.9 Å². The maximum absolute atomic E-state index is 13.2. The van der Waals surface area contributed by atoms with Gasteiger partial charge < -0.3 is 10.6 Å². The zero-order valence-corrected chi connectivity index (χ0v) is 20.6. The molecule has 0 atom stereocenters. The standard InChI is InChI=1S/C29H27ClN4O/c1-3-34(4-2)18-19-7-11-23(12-8-19)32-28(21-9-14-25-20(16-21)6-5-15-31-25)27-24-13-10-22(30)17-26(24)33-29(27)35/h5-17,32H,3-4,18H2,1-2H3,(H,33,35)/b28-27-. The number of nitrogens with zero attached hydrogens (tertiary/aromatic N) is 2. The highest BCUT2D eigenvalue weighted by Crippen LogP contribution is 2.39. The second-order valence-corrected chi connectivity index (χ2v) is 9.02. The first-order valence-electron chi connectivity index (χ1n) is 11.8. The number of benzene rings is 3. The molecule has 0 aliphatic carbocycles. The van der Waals surface area contributed by atoms with Crippen molar-refractivity contribution in [1.29, 1.82) is 0 Å². The van der Waals surface area contributed by atoms with E-state index in [1.54, 1.807) is 12.3 Å². The van der Waals surface area contributed by atoms with Gasteiger partial charge in [0.25, 0.3) is 5.91 Å². The monoisotopic (exact) mass is 482 g/mol. The average molecular weight is 483 g/mol. The van der Waals surface area contributed by atoms with Crippen LogP contribution in [0.3, 0.4) is 0 Å². The van der Waals surface area contributed by atoms with Crippen molar-refractivity contribution >= 4 is 51.1 Å². The van der Waals surface area contributed by atoms with Gasteiger partial charge in [0.15, 0.2) is 0 Å². The Morgan fingerprint density at radius 2 is 1.80 bits per heavy atom. The smallest absolute Gasteiger partial charge is 0.258 e. The molecule has 0 unspecified atom stereocenters. The van der Waals surface area contributed by atoms with Gasteiger partial charge >= 0.3 is 0 Å². The number of halogens is 1. The maximum atomic E-state index is 13.2. The van der Waals surface area contributed by atoms with Crippen molar-refractivity contribution in [2.24, 2.45) is 0 Å². The topological polar surface area (TPSA) is 57.3 Å². The van der Waals surface area contributed by atoms with Crippen molar-refractivity contribution in [3.63, 3.8) is 0 Å². The molecule has 0 saturated heterocycles. The molecule has 5 nitrogen and oxygen atoms in total. The third-order valence-electron chi connectivity index (χ3n) is 6.39. The fraction of sp³-hybridized carbons (Fsp3) is 0.172. The Morgan fingerprint density at radius 3 is 2.57 bits per heavy atom. The van der Waals surface area contributed by atoms with Gasteiger partial charge in [0, 0.05) is 34.4 Å². The highest BCUT2D eigenvalue weighted by molar-refractivity contribution is 6.38. The molecule has 176 valence electrons. The van der Waals surface area contributed by atoms with E-state index in [4.69, 9.17) is 11.6 Å². The van der Waals surface area contributed by atoms with E-state index in [1.165, 1.54) is 5.56 Å². The number of rotatable bonds is 7. The lowest BCUT2D eigenvalue weighted by atomic mass is 9.99. The molecule has 0 spiro atoms. The molecule has 1 amide bonds. The number of carbonyl (C=O) groups is 1. The third-order valence-corrected chi connectivity index (χ3v) is 6.63. The SMILES string of the molecule is CCN(CC)Cc1ccc(N/C(=C2\C(=O)Nc3cc(Cl)ccc32)c2ccc3ncccc3c2)cc1. The molecule has 5 rings (SSSR count). The molecule has 0 fully saturated rings. The van der Waals surface area contributed by atoms with Crippen molar-refractivity contribution in [3.05, 3.63) is 101 Å². The van der Waals surface area contributed by atoms with Crippen molar-refractivity contribution in [2.75, 3.05) is 23.7 Å². The number of anilines is 2. The Bertz CT molecular complexity index is 1420. The van der Waals surface area contributed by atoms with E-state index >= 15 is 0 Å². The minimum Gasteiger partial charge on any atom is -0.354 e. The largest absolute Gasteiger partial charge is 0.354 e. The van der Waals surface area contributed by atoms with Gasteiger partial charge in [-0.05, 0) is 66.7 Å². The van der Waals surface area contributed by atoms with Crippen LogP contribution in [0.2, 0.25) is 5.02 Å². The molecule has 3 aromatic carbocycles. The first-order valence-corrected chi connectivity index (χ1v) is 12.2. The number of aromatic nitrogens is 1. The molecule has 0 radical (unpaired) electrons. The average Bonchev–Trinajstić information content (AvgIpc) is 3.20. The first kappa shape index (κ1) is 23.1. The number of fused-ring (bicyclic) bond motifs is 2. The van der Waals surface area contributed by atoms with Crippen LogP contribution in [0.4, 0.5) is 11.4 Å². The number of nitrogens with one attached hydrogen (secondary N) is 2. The number of pyridine rings is 1. The second-order valence-electron chi connectivity index (χ2n) is 8.59. The van der Waals surface area contributed by atoms with Crippen LogP contribution in [0, 0.1) is 0 Å². The Morgan fingerprint density at radius 1 is 1.00 bits per heavy atom. The highest BCUT2D eigenvalue weighted by Gasteiger charge is 2.28. The van der Waals surface area contributed by atoms with E-state index in [0.717, 1.165) is 53.0 Å². The van der Waals surface area contributed by atoms with E-state index < -0.39 is 0 Å². The maximum Gasteiger partial charge on any atom is 0.258 e. The normalized spacial score (nSPS) is 14.2. The predicted octanol–water partition coefficient (Wildman–Crippen LogP) is 6.66. The second kappa shape index (κ2) is 9.90. The van der Waals surface area contributed by atoms with Crippen LogP contribution in [0.1, 0.15) is 30.5 Å². The van der Waals surface area contributed by atoms with Gasteiger partial charge in [-0.2, -0.15) is 0 Å². The summed E-state index contributed by atoms with van der Waals surface area (Å²) in [7, 11) is 0. The molecule has 2 N–H and O–H groups in total. The van der Waals surface area contributed by atoms with Crippen LogP contribution in [-0.2, 0) is 11.3 Å². The summed E-state index contributed by atoms with van der Waals surface area (Å²) in [5, 5.41) is 8.11. The molecule has 1 aromatic heterocycles. The van der Waals surface area contributed by atoms with E-state index in [2.05, 4.69) is 64.7 Å².